The highest BCUT2D eigenvalue weighted by molar-refractivity contribution is 5.74. The summed E-state index contributed by atoms with van der Waals surface area (Å²) in [6.45, 7) is 6.20. The van der Waals surface area contributed by atoms with E-state index in [1.165, 1.54) is 0 Å². The van der Waals surface area contributed by atoms with Crippen molar-refractivity contribution in [3.8, 4) is 0 Å². The SMILES string of the molecule is CCC(CNC(=O)N1CCC(CC)C1)CC(=O)O. The van der Waals surface area contributed by atoms with E-state index in [1.54, 1.807) is 0 Å². The lowest BCUT2D eigenvalue weighted by molar-refractivity contribution is -0.138. The van der Waals surface area contributed by atoms with Crippen LogP contribution in [0.15, 0.2) is 0 Å². The Balaban J connectivity index is 2.29. The van der Waals surface area contributed by atoms with E-state index in [1.807, 2.05) is 11.8 Å². The number of carboxylic acid groups (broad SMARTS) is 1. The summed E-state index contributed by atoms with van der Waals surface area (Å²) in [6.07, 6.45) is 3.08. The average molecular weight is 256 g/mol. The average Bonchev–Trinajstić information content (AvgIpc) is 2.82. The summed E-state index contributed by atoms with van der Waals surface area (Å²) in [4.78, 5) is 24.3. The first kappa shape index (κ1) is 14.8. The Kier molecular flexibility index (Phi) is 5.95. The van der Waals surface area contributed by atoms with Gasteiger partial charge in [-0.25, -0.2) is 4.79 Å². The summed E-state index contributed by atoms with van der Waals surface area (Å²) in [5.74, 6) is -0.156. The summed E-state index contributed by atoms with van der Waals surface area (Å²) < 4.78 is 0. The monoisotopic (exact) mass is 256 g/mol. The normalized spacial score (nSPS) is 20.8. The molecule has 0 aromatic heterocycles. The van der Waals surface area contributed by atoms with Gasteiger partial charge >= 0.3 is 12.0 Å². The van der Waals surface area contributed by atoms with Crippen molar-refractivity contribution in [1.82, 2.24) is 10.2 Å². The molecule has 2 atom stereocenters. The second-order valence-electron chi connectivity index (χ2n) is 5.07. The smallest absolute Gasteiger partial charge is 0.317 e. The van der Waals surface area contributed by atoms with Crippen molar-refractivity contribution < 1.29 is 14.7 Å². The van der Waals surface area contributed by atoms with Crippen LogP contribution in [0.1, 0.15) is 39.5 Å². The van der Waals surface area contributed by atoms with E-state index >= 15 is 0 Å². The minimum Gasteiger partial charge on any atom is -0.481 e. The fraction of sp³-hybridized carbons (Fsp3) is 0.846. The molecule has 2 N–H and O–H groups in total. The summed E-state index contributed by atoms with van der Waals surface area (Å²) in [7, 11) is 0. The Bertz CT molecular complexity index is 294. The van der Waals surface area contributed by atoms with Gasteiger partial charge in [0.1, 0.15) is 0 Å². The zero-order chi connectivity index (χ0) is 13.5. The van der Waals surface area contributed by atoms with E-state index in [2.05, 4.69) is 12.2 Å². The van der Waals surface area contributed by atoms with Crippen LogP contribution < -0.4 is 5.32 Å². The van der Waals surface area contributed by atoms with Gasteiger partial charge in [0.05, 0.1) is 0 Å². The van der Waals surface area contributed by atoms with E-state index in [-0.39, 0.29) is 18.4 Å². The second kappa shape index (κ2) is 7.24. The summed E-state index contributed by atoms with van der Waals surface area (Å²) in [5, 5.41) is 11.6. The highest BCUT2D eigenvalue weighted by Gasteiger charge is 2.25. The topological polar surface area (TPSA) is 69.6 Å². The number of carbonyl (C=O) groups is 2. The molecule has 1 rings (SSSR count). The van der Waals surface area contributed by atoms with Gasteiger partial charge in [0.2, 0.25) is 0 Å². The minimum absolute atomic E-state index is 0.0241. The number of hydrogen-bond acceptors (Lipinski definition) is 2. The van der Waals surface area contributed by atoms with Gasteiger partial charge in [0.25, 0.3) is 0 Å². The fourth-order valence-electron chi connectivity index (χ4n) is 2.30. The number of aliphatic carboxylic acids is 1. The predicted molar refractivity (Wildman–Crippen MR) is 69.4 cm³/mol. The molecule has 0 spiro atoms. The highest BCUT2D eigenvalue weighted by Crippen LogP contribution is 2.18. The van der Waals surface area contributed by atoms with Crippen LogP contribution in [0.25, 0.3) is 0 Å². The van der Waals surface area contributed by atoms with Crippen LogP contribution in [-0.2, 0) is 4.79 Å². The number of nitrogens with one attached hydrogen (secondary N) is 1. The quantitative estimate of drug-likeness (QED) is 0.763. The number of rotatable bonds is 6. The van der Waals surface area contributed by atoms with Crippen molar-refractivity contribution >= 4 is 12.0 Å². The number of nitrogens with zero attached hydrogens (tertiary/aromatic N) is 1. The molecule has 5 nitrogen and oxygen atoms in total. The molecule has 0 aromatic carbocycles. The van der Waals surface area contributed by atoms with E-state index in [4.69, 9.17) is 5.11 Å². The Morgan fingerprint density at radius 1 is 1.44 bits per heavy atom. The lowest BCUT2D eigenvalue weighted by atomic mass is 10.0. The van der Waals surface area contributed by atoms with E-state index in [9.17, 15) is 9.59 Å². The molecule has 104 valence electrons. The maximum atomic E-state index is 11.9. The number of urea groups is 1. The molecule has 1 heterocycles. The van der Waals surface area contributed by atoms with Crippen molar-refractivity contribution in [3.05, 3.63) is 0 Å². The molecular formula is C13H24N2O3. The molecule has 18 heavy (non-hydrogen) atoms. The van der Waals surface area contributed by atoms with Gasteiger partial charge in [-0.1, -0.05) is 26.7 Å². The van der Waals surface area contributed by atoms with Crippen LogP contribution in [0.2, 0.25) is 0 Å². The van der Waals surface area contributed by atoms with Gasteiger partial charge in [-0.2, -0.15) is 0 Å². The highest BCUT2D eigenvalue weighted by atomic mass is 16.4. The van der Waals surface area contributed by atoms with Crippen molar-refractivity contribution in [3.63, 3.8) is 0 Å². The summed E-state index contributed by atoms with van der Waals surface area (Å²) in [5.41, 5.74) is 0. The lowest BCUT2D eigenvalue weighted by Gasteiger charge is -2.19. The zero-order valence-corrected chi connectivity index (χ0v) is 11.3. The number of likely N-dealkylation sites (tertiary alicyclic amines) is 1. The molecule has 1 fully saturated rings. The molecule has 1 aliphatic rings. The van der Waals surface area contributed by atoms with E-state index in [0.29, 0.717) is 12.5 Å². The van der Waals surface area contributed by atoms with Crippen LogP contribution in [0.5, 0.6) is 0 Å². The summed E-state index contributed by atoms with van der Waals surface area (Å²) >= 11 is 0. The second-order valence-corrected chi connectivity index (χ2v) is 5.07. The number of hydrogen-bond donors (Lipinski definition) is 2. The van der Waals surface area contributed by atoms with Crippen molar-refractivity contribution in [1.29, 1.82) is 0 Å². The molecule has 2 unspecified atom stereocenters. The third kappa shape index (κ3) is 4.55. The van der Waals surface area contributed by atoms with E-state index in [0.717, 1.165) is 32.4 Å². The number of carboxylic acids is 1. The Hall–Kier alpha value is -1.26. The van der Waals surface area contributed by atoms with Gasteiger partial charge in [-0.15, -0.1) is 0 Å². The molecule has 0 aliphatic carbocycles. The molecule has 0 aromatic rings. The van der Waals surface area contributed by atoms with E-state index < -0.39 is 5.97 Å². The van der Waals surface area contributed by atoms with Crippen LogP contribution in [0.3, 0.4) is 0 Å². The molecule has 0 saturated carbocycles. The maximum absolute atomic E-state index is 11.9. The molecule has 0 radical (unpaired) electrons. The first-order valence-electron chi connectivity index (χ1n) is 6.81. The molecule has 2 amide bonds. The largest absolute Gasteiger partial charge is 0.481 e. The molecule has 1 saturated heterocycles. The van der Waals surface area contributed by atoms with Crippen LogP contribution >= 0.6 is 0 Å². The maximum Gasteiger partial charge on any atom is 0.317 e. The third-order valence-corrected chi connectivity index (χ3v) is 3.73. The molecule has 1 aliphatic heterocycles. The van der Waals surface area contributed by atoms with Crippen molar-refractivity contribution in [2.45, 2.75) is 39.5 Å². The molecular weight excluding hydrogens is 232 g/mol. The Morgan fingerprint density at radius 3 is 2.67 bits per heavy atom. The first-order chi connectivity index (χ1) is 8.56. The predicted octanol–water partition coefficient (Wildman–Crippen LogP) is 1.93. The Labute approximate surface area is 109 Å². The zero-order valence-electron chi connectivity index (χ0n) is 11.3. The first-order valence-corrected chi connectivity index (χ1v) is 6.81. The van der Waals surface area contributed by atoms with Gasteiger partial charge in [-0.05, 0) is 18.3 Å². The molecule has 0 bridgehead atoms. The fourth-order valence-corrected chi connectivity index (χ4v) is 2.30. The van der Waals surface area contributed by atoms with Gasteiger partial charge in [0, 0.05) is 26.1 Å². The van der Waals surface area contributed by atoms with Gasteiger partial charge in [-0.3, -0.25) is 4.79 Å². The van der Waals surface area contributed by atoms with Gasteiger partial charge < -0.3 is 15.3 Å². The van der Waals surface area contributed by atoms with Crippen LogP contribution in [0.4, 0.5) is 4.79 Å². The number of carbonyl (C=O) groups excluding carboxylic acids is 1. The summed E-state index contributed by atoms with van der Waals surface area (Å²) in [6, 6.07) is -0.0465. The van der Waals surface area contributed by atoms with Crippen molar-refractivity contribution in [2.75, 3.05) is 19.6 Å². The minimum atomic E-state index is -0.802. The van der Waals surface area contributed by atoms with Crippen LogP contribution in [0, 0.1) is 11.8 Å². The molecule has 5 heteroatoms. The van der Waals surface area contributed by atoms with Gasteiger partial charge in [0.15, 0.2) is 0 Å². The van der Waals surface area contributed by atoms with Crippen LogP contribution in [-0.4, -0.2) is 41.6 Å². The third-order valence-electron chi connectivity index (χ3n) is 3.73. The standard InChI is InChI=1S/C13H24N2O3/c1-3-10-5-6-15(9-10)13(18)14-8-11(4-2)7-12(16)17/h10-11H,3-9H2,1-2H3,(H,14,18)(H,16,17). The number of amides is 2. The van der Waals surface area contributed by atoms with Crippen molar-refractivity contribution in [2.24, 2.45) is 11.8 Å². The Morgan fingerprint density at radius 2 is 2.17 bits per heavy atom. The lowest BCUT2D eigenvalue weighted by Crippen LogP contribution is -2.40.